The highest BCUT2D eigenvalue weighted by atomic mass is 19.1. The van der Waals surface area contributed by atoms with Gasteiger partial charge < -0.3 is 23.9 Å². The zero-order valence-electron chi connectivity index (χ0n) is 20.4. The quantitative estimate of drug-likeness (QED) is 0.280. The van der Waals surface area contributed by atoms with Crippen LogP contribution in [0.25, 0.3) is 12.2 Å². The van der Waals surface area contributed by atoms with Gasteiger partial charge in [-0.15, -0.1) is 0 Å². The average Bonchev–Trinajstić information content (AvgIpc) is 3.55. The maximum Gasteiger partial charge on any atom is 0.218 e. The number of imidazole rings is 1. The van der Waals surface area contributed by atoms with Crippen molar-refractivity contribution in [2.75, 3.05) is 6.61 Å². The highest BCUT2D eigenvalue weighted by Crippen LogP contribution is 2.23. The first-order chi connectivity index (χ1) is 17.9. The van der Waals surface area contributed by atoms with E-state index in [0.29, 0.717) is 17.9 Å². The summed E-state index contributed by atoms with van der Waals surface area (Å²) in [4.78, 5) is 8.64. The minimum atomic E-state index is -0.829. The van der Waals surface area contributed by atoms with Gasteiger partial charge in [-0.3, -0.25) is 0 Å². The monoisotopic (exact) mass is 509 g/mol. The first-order valence-electron chi connectivity index (χ1n) is 12.0. The van der Waals surface area contributed by atoms with Gasteiger partial charge >= 0.3 is 0 Å². The third kappa shape index (κ3) is 7.12. The van der Waals surface area contributed by atoms with Gasteiger partial charge in [0.25, 0.3) is 0 Å². The lowest BCUT2D eigenvalue weighted by Crippen LogP contribution is -2.21. The lowest BCUT2D eigenvalue weighted by molar-refractivity contribution is 0.0927. The van der Waals surface area contributed by atoms with E-state index in [0.717, 1.165) is 30.3 Å². The number of nitrogens with zero attached hydrogens (tertiary/aromatic N) is 3. The molecule has 7 nitrogen and oxygen atoms in total. The molecule has 0 amide bonds. The second kappa shape index (κ2) is 12.4. The van der Waals surface area contributed by atoms with Crippen LogP contribution in [0.5, 0.6) is 5.75 Å². The molecular weight excluding hydrogens is 480 g/mol. The van der Waals surface area contributed by atoms with Crippen molar-refractivity contribution < 1.29 is 28.1 Å². The average molecular weight is 510 g/mol. The van der Waals surface area contributed by atoms with Crippen LogP contribution in [0.1, 0.15) is 47.9 Å². The van der Waals surface area contributed by atoms with Crippen LogP contribution in [-0.4, -0.2) is 37.5 Å². The Balaban J connectivity index is 1.32. The number of aliphatic hydroxyl groups excluding tert-OH is 2. The van der Waals surface area contributed by atoms with Gasteiger partial charge in [-0.1, -0.05) is 19.1 Å². The van der Waals surface area contributed by atoms with Crippen molar-refractivity contribution in [2.45, 2.75) is 44.9 Å². The van der Waals surface area contributed by atoms with Gasteiger partial charge in [0, 0.05) is 42.6 Å². The Morgan fingerprint density at radius 1 is 1.11 bits per heavy atom. The van der Waals surface area contributed by atoms with Crippen molar-refractivity contribution in [3.05, 3.63) is 101 Å². The molecule has 0 saturated heterocycles. The summed E-state index contributed by atoms with van der Waals surface area (Å²) in [5, 5.41) is 18.9. The second-order valence-electron chi connectivity index (χ2n) is 8.67. The van der Waals surface area contributed by atoms with Gasteiger partial charge in [0.15, 0.2) is 0 Å². The predicted molar refractivity (Wildman–Crippen MR) is 135 cm³/mol. The van der Waals surface area contributed by atoms with Crippen LogP contribution in [0, 0.1) is 11.6 Å². The van der Waals surface area contributed by atoms with Gasteiger partial charge in [0.2, 0.25) is 5.89 Å². The fraction of sp³-hybridized carbons (Fsp3) is 0.286. The molecule has 4 aromatic rings. The van der Waals surface area contributed by atoms with Crippen molar-refractivity contribution in [2.24, 2.45) is 0 Å². The summed E-state index contributed by atoms with van der Waals surface area (Å²) in [6, 6.07) is 11.3. The summed E-state index contributed by atoms with van der Waals surface area (Å²) in [7, 11) is 0. The first-order valence-corrected chi connectivity index (χ1v) is 12.0. The SMILES string of the molecule is CCC(Cc1ccc(OCc2coc(C=Cc3ccc(F)cc3F)n2)cc1)n1ccnc1C[C@H](O)CO. The fourth-order valence-electron chi connectivity index (χ4n) is 3.96. The Hall–Kier alpha value is -3.82. The molecule has 0 aliphatic carbocycles. The molecule has 1 unspecified atom stereocenters. The molecule has 0 spiro atoms. The highest BCUT2D eigenvalue weighted by Gasteiger charge is 2.16. The smallest absolute Gasteiger partial charge is 0.218 e. The summed E-state index contributed by atoms with van der Waals surface area (Å²) in [5.74, 6) is 0.420. The number of halogens is 2. The molecule has 2 heterocycles. The second-order valence-corrected chi connectivity index (χ2v) is 8.67. The zero-order valence-corrected chi connectivity index (χ0v) is 20.4. The standard InChI is InChI=1S/C28H29F2N3O4/c1-2-23(33-12-11-31-27(33)15-24(35)16-34)13-19-3-8-25(9-4-19)36-17-22-18-37-28(32-22)10-6-20-5-7-21(29)14-26(20)30/h3-12,14,18,23-24,34-35H,2,13,15-17H2,1H3/t23?,24-/m0/s1. The molecule has 0 radical (unpaired) electrons. The summed E-state index contributed by atoms with van der Waals surface area (Å²) < 4.78 is 40.0. The molecule has 0 aliphatic heterocycles. The number of hydrogen-bond donors (Lipinski definition) is 2. The Bertz CT molecular complexity index is 1320. The van der Waals surface area contributed by atoms with E-state index in [1.54, 1.807) is 6.20 Å². The normalized spacial score (nSPS) is 13.2. The van der Waals surface area contributed by atoms with E-state index in [-0.39, 0.29) is 30.7 Å². The Labute approximate surface area is 213 Å². The molecular formula is C28H29F2N3O4. The largest absolute Gasteiger partial charge is 0.487 e. The Morgan fingerprint density at radius 2 is 1.92 bits per heavy atom. The molecule has 0 fully saturated rings. The van der Waals surface area contributed by atoms with Crippen molar-refractivity contribution >= 4 is 12.2 Å². The molecule has 0 saturated carbocycles. The molecule has 0 bridgehead atoms. The van der Waals surface area contributed by atoms with Crippen LogP contribution in [0.15, 0.2) is 65.5 Å². The lowest BCUT2D eigenvalue weighted by Gasteiger charge is -2.20. The van der Waals surface area contributed by atoms with Crippen LogP contribution in [0.3, 0.4) is 0 Å². The van der Waals surface area contributed by atoms with Gasteiger partial charge in [-0.25, -0.2) is 18.7 Å². The van der Waals surface area contributed by atoms with Crippen LogP contribution in [0.2, 0.25) is 0 Å². The molecule has 2 atom stereocenters. The maximum absolute atomic E-state index is 13.7. The molecule has 2 aromatic heterocycles. The minimum Gasteiger partial charge on any atom is -0.487 e. The molecule has 9 heteroatoms. The van der Waals surface area contributed by atoms with Crippen molar-refractivity contribution in [3.63, 3.8) is 0 Å². The summed E-state index contributed by atoms with van der Waals surface area (Å²) >= 11 is 0. The Kier molecular flexibility index (Phi) is 8.81. The molecule has 37 heavy (non-hydrogen) atoms. The van der Waals surface area contributed by atoms with Gasteiger partial charge in [0.1, 0.15) is 41.8 Å². The number of oxazole rings is 1. The number of aliphatic hydroxyl groups is 2. The maximum atomic E-state index is 13.7. The van der Waals surface area contributed by atoms with Crippen LogP contribution >= 0.6 is 0 Å². The molecule has 194 valence electrons. The van der Waals surface area contributed by atoms with E-state index in [1.165, 1.54) is 30.5 Å². The lowest BCUT2D eigenvalue weighted by atomic mass is 10.0. The van der Waals surface area contributed by atoms with Gasteiger partial charge in [0.05, 0.1) is 12.7 Å². The number of ether oxygens (including phenoxy) is 1. The van der Waals surface area contributed by atoms with Crippen LogP contribution in [-0.2, 0) is 19.4 Å². The van der Waals surface area contributed by atoms with Gasteiger partial charge in [-0.2, -0.15) is 0 Å². The number of benzene rings is 2. The van der Waals surface area contributed by atoms with E-state index in [1.807, 2.05) is 30.5 Å². The van der Waals surface area contributed by atoms with Crippen molar-refractivity contribution in [1.29, 1.82) is 0 Å². The number of rotatable bonds is 12. The fourth-order valence-corrected chi connectivity index (χ4v) is 3.96. The van der Waals surface area contributed by atoms with Crippen molar-refractivity contribution in [3.8, 4) is 5.75 Å². The van der Waals surface area contributed by atoms with Gasteiger partial charge in [-0.05, 0) is 48.7 Å². The van der Waals surface area contributed by atoms with Crippen molar-refractivity contribution in [1.82, 2.24) is 14.5 Å². The summed E-state index contributed by atoms with van der Waals surface area (Å²) in [5.41, 5.74) is 1.94. The minimum absolute atomic E-state index is 0.167. The summed E-state index contributed by atoms with van der Waals surface area (Å²) in [6.07, 6.45) is 9.20. The third-order valence-corrected chi connectivity index (χ3v) is 5.96. The Morgan fingerprint density at radius 3 is 2.65 bits per heavy atom. The number of hydrogen-bond acceptors (Lipinski definition) is 6. The van der Waals surface area contributed by atoms with E-state index >= 15 is 0 Å². The molecule has 4 rings (SSSR count). The topological polar surface area (TPSA) is 93.5 Å². The zero-order chi connectivity index (χ0) is 26.2. The highest BCUT2D eigenvalue weighted by molar-refractivity contribution is 5.66. The number of aromatic nitrogens is 3. The van der Waals surface area contributed by atoms with E-state index in [4.69, 9.17) is 14.3 Å². The predicted octanol–water partition coefficient (Wildman–Crippen LogP) is 4.99. The van der Waals surface area contributed by atoms with E-state index < -0.39 is 17.7 Å². The van der Waals surface area contributed by atoms with E-state index in [9.17, 15) is 13.9 Å². The van der Waals surface area contributed by atoms with Crippen LogP contribution < -0.4 is 4.74 Å². The molecule has 0 aliphatic rings. The first kappa shape index (κ1) is 26.2. The molecule has 2 N–H and O–H groups in total. The van der Waals surface area contributed by atoms with E-state index in [2.05, 4.69) is 21.5 Å². The molecule has 2 aromatic carbocycles. The third-order valence-electron chi connectivity index (χ3n) is 5.96. The van der Waals surface area contributed by atoms with Crippen LogP contribution in [0.4, 0.5) is 8.78 Å². The summed E-state index contributed by atoms with van der Waals surface area (Å²) in [6.45, 7) is 2.00.